The average Bonchev–Trinajstić information content (AvgIpc) is 3.32. The van der Waals surface area contributed by atoms with Crippen molar-refractivity contribution < 1.29 is 4.42 Å². The van der Waals surface area contributed by atoms with Crippen LogP contribution in [0.2, 0.25) is 0 Å². The van der Waals surface area contributed by atoms with Gasteiger partial charge in [-0.2, -0.15) is 0 Å². The van der Waals surface area contributed by atoms with Crippen molar-refractivity contribution in [3.63, 3.8) is 0 Å². The highest BCUT2D eigenvalue weighted by atomic mass is 32.1. The molecule has 0 fully saturated rings. The first kappa shape index (κ1) is 15.9. The van der Waals surface area contributed by atoms with Crippen LogP contribution in [0.15, 0.2) is 51.4 Å². The highest BCUT2D eigenvalue weighted by Crippen LogP contribution is 2.28. The molecule has 6 heteroatoms. The number of nitrogens with zero attached hydrogens (tertiary/aromatic N) is 2. The molecular weight excluding hydrogens is 332 g/mol. The molecule has 128 valence electrons. The van der Waals surface area contributed by atoms with Crippen molar-refractivity contribution in [3.8, 4) is 10.8 Å². The fraction of sp³-hybridized carbons (Fsp3) is 0.263. The van der Waals surface area contributed by atoms with Crippen molar-refractivity contribution >= 4 is 23.0 Å². The Balaban J connectivity index is 1.44. The number of nitrogens with two attached hydrogens (primary N) is 1. The molecule has 1 aliphatic rings. The van der Waals surface area contributed by atoms with Crippen LogP contribution >= 0.6 is 11.3 Å². The first-order valence-electron chi connectivity index (χ1n) is 8.45. The molecule has 0 unspecified atom stereocenters. The lowest BCUT2D eigenvalue weighted by molar-refractivity contribution is 0.574. The molecule has 0 bridgehead atoms. The fourth-order valence-corrected chi connectivity index (χ4v) is 3.79. The zero-order valence-corrected chi connectivity index (χ0v) is 14.7. The molecule has 0 spiro atoms. The molecule has 1 aliphatic carbocycles. The van der Waals surface area contributed by atoms with E-state index in [2.05, 4.69) is 33.5 Å². The van der Waals surface area contributed by atoms with Gasteiger partial charge < -0.3 is 15.5 Å². The summed E-state index contributed by atoms with van der Waals surface area (Å²) >= 11 is 1.60. The number of hydrogen-bond donors (Lipinski definition) is 2. The smallest absolute Gasteiger partial charge is 0.236 e. The van der Waals surface area contributed by atoms with Crippen molar-refractivity contribution in [2.75, 3.05) is 5.32 Å². The number of oxazole rings is 1. The number of aryl methyl sites for hydroxylation is 1. The number of anilines is 1. The molecule has 5 nitrogen and oxygen atoms in total. The Bertz CT molecular complexity index is 883. The molecule has 0 saturated heterocycles. The third-order valence-corrected chi connectivity index (χ3v) is 5.21. The van der Waals surface area contributed by atoms with Crippen molar-refractivity contribution in [3.05, 3.63) is 58.8 Å². The van der Waals surface area contributed by atoms with E-state index >= 15 is 0 Å². The minimum atomic E-state index is 0.392. The number of benzene rings is 1. The molecule has 1 aromatic carbocycles. The van der Waals surface area contributed by atoms with Gasteiger partial charge in [-0.25, -0.2) is 9.98 Å². The summed E-state index contributed by atoms with van der Waals surface area (Å²) in [5.74, 6) is 1.03. The van der Waals surface area contributed by atoms with Crippen molar-refractivity contribution in [2.45, 2.75) is 32.2 Å². The van der Waals surface area contributed by atoms with E-state index in [0.717, 1.165) is 29.1 Å². The second-order valence-corrected chi connectivity index (χ2v) is 7.05. The van der Waals surface area contributed by atoms with Crippen LogP contribution in [0.1, 0.15) is 29.7 Å². The van der Waals surface area contributed by atoms with Crippen LogP contribution in [0, 0.1) is 0 Å². The van der Waals surface area contributed by atoms with E-state index in [1.807, 2.05) is 17.5 Å². The molecule has 3 aromatic rings. The number of fused-ring (bicyclic) bond motifs is 1. The second kappa shape index (κ2) is 7.11. The van der Waals surface area contributed by atoms with Gasteiger partial charge in [-0.15, -0.1) is 11.3 Å². The molecule has 0 amide bonds. The van der Waals surface area contributed by atoms with Crippen LogP contribution in [-0.2, 0) is 19.4 Å². The number of hydrogen-bond acceptors (Lipinski definition) is 4. The first-order valence-corrected chi connectivity index (χ1v) is 9.33. The summed E-state index contributed by atoms with van der Waals surface area (Å²) in [7, 11) is 0. The molecule has 3 N–H and O–H groups in total. The maximum absolute atomic E-state index is 6.07. The summed E-state index contributed by atoms with van der Waals surface area (Å²) in [6, 6.07) is 10.3. The monoisotopic (exact) mass is 352 g/mol. The molecule has 25 heavy (non-hydrogen) atoms. The van der Waals surface area contributed by atoms with Gasteiger partial charge in [0.1, 0.15) is 12.0 Å². The zero-order valence-electron chi connectivity index (χ0n) is 13.9. The lowest BCUT2D eigenvalue weighted by Crippen LogP contribution is -2.24. The summed E-state index contributed by atoms with van der Waals surface area (Å²) in [4.78, 5) is 9.86. The Morgan fingerprint density at radius 2 is 2.16 bits per heavy atom. The number of aromatic nitrogens is 1. The maximum atomic E-state index is 6.07. The van der Waals surface area contributed by atoms with Gasteiger partial charge in [0.2, 0.25) is 5.89 Å². The van der Waals surface area contributed by atoms with E-state index in [1.165, 1.54) is 24.0 Å². The first-order chi connectivity index (χ1) is 12.3. The van der Waals surface area contributed by atoms with Gasteiger partial charge in [0.05, 0.1) is 11.4 Å². The molecule has 0 saturated carbocycles. The summed E-state index contributed by atoms with van der Waals surface area (Å²) in [6.45, 7) is 0.392. The Hall–Kier alpha value is -2.60. The van der Waals surface area contributed by atoms with Crippen LogP contribution in [0.4, 0.5) is 5.69 Å². The Kier molecular flexibility index (Phi) is 4.52. The van der Waals surface area contributed by atoms with E-state index in [4.69, 9.17) is 10.2 Å². The number of nitrogens with one attached hydrogen (secondary N) is 1. The normalized spacial score (nSPS) is 14.3. The third kappa shape index (κ3) is 3.58. The fourth-order valence-electron chi connectivity index (χ4n) is 3.14. The Morgan fingerprint density at radius 1 is 1.24 bits per heavy atom. The minimum Gasteiger partial charge on any atom is -0.443 e. The molecule has 4 rings (SSSR count). The van der Waals surface area contributed by atoms with Crippen molar-refractivity contribution in [2.24, 2.45) is 10.7 Å². The highest BCUT2D eigenvalue weighted by molar-refractivity contribution is 7.13. The molecule has 0 radical (unpaired) electrons. The van der Waals surface area contributed by atoms with Gasteiger partial charge >= 0.3 is 0 Å². The van der Waals surface area contributed by atoms with E-state index in [0.29, 0.717) is 18.4 Å². The minimum absolute atomic E-state index is 0.392. The van der Waals surface area contributed by atoms with Crippen molar-refractivity contribution in [1.82, 2.24) is 4.98 Å². The standard InChI is InChI=1S/C19H20N4OS/c20-19(23-16-8-3-6-13-5-1-2-7-15(13)16)21-11-14-12-24-18(22-14)17-9-4-10-25-17/h3-4,6,8-10,12H,1-2,5,7,11H2,(H3,20,21,23). The summed E-state index contributed by atoms with van der Waals surface area (Å²) in [5.41, 5.74) is 10.7. The highest BCUT2D eigenvalue weighted by Gasteiger charge is 2.13. The number of thiophene rings is 1. The van der Waals surface area contributed by atoms with Gasteiger partial charge in [0, 0.05) is 5.69 Å². The van der Waals surface area contributed by atoms with E-state index in [1.54, 1.807) is 17.6 Å². The molecular formula is C19H20N4OS. The van der Waals surface area contributed by atoms with Crippen LogP contribution in [0.3, 0.4) is 0 Å². The predicted molar refractivity (Wildman–Crippen MR) is 102 cm³/mol. The maximum Gasteiger partial charge on any atom is 0.236 e. The molecule has 0 aliphatic heterocycles. The van der Waals surface area contributed by atoms with Gasteiger partial charge in [0.25, 0.3) is 0 Å². The lowest BCUT2D eigenvalue weighted by atomic mass is 9.90. The zero-order chi connectivity index (χ0) is 17.1. The Morgan fingerprint density at radius 3 is 3.04 bits per heavy atom. The summed E-state index contributed by atoms with van der Waals surface area (Å²) in [6.07, 6.45) is 6.37. The van der Waals surface area contributed by atoms with Crippen LogP contribution in [0.5, 0.6) is 0 Å². The second-order valence-electron chi connectivity index (χ2n) is 6.10. The van der Waals surface area contributed by atoms with Gasteiger partial charge in [-0.1, -0.05) is 18.2 Å². The van der Waals surface area contributed by atoms with Gasteiger partial charge in [-0.05, 0) is 54.3 Å². The summed E-state index contributed by atoms with van der Waals surface area (Å²) in [5, 5.41) is 5.25. The summed E-state index contributed by atoms with van der Waals surface area (Å²) < 4.78 is 5.50. The lowest BCUT2D eigenvalue weighted by Gasteiger charge is -2.19. The van der Waals surface area contributed by atoms with Crippen molar-refractivity contribution in [1.29, 1.82) is 0 Å². The quantitative estimate of drug-likeness (QED) is 0.545. The van der Waals surface area contributed by atoms with E-state index < -0.39 is 0 Å². The van der Waals surface area contributed by atoms with Gasteiger partial charge in [0.15, 0.2) is 5.96 Å². The van der Waals surface area contributed by atoms with E-state index in [-0.39, 0.29) is 0 Å². The number of guanidine groups is 1. The predicted octanol–water partition coefficient (Wildman–Crippen LogP) is 4.21. The van der Waals surface area contributed by atoms with Crippen LogP contribution in [-0.4, -0.2) is 10.9 Å². The van der Waals surface area contributed by atoms with Crippen LogP contribution in [0.25, 0.3) is 10.8 Å². The average molecular weight is 352 g/mol. The largest absolute Gasteiger partial charge is 0.443 e. The third-order valence-electron chi connectivity index (χ3n) is 4.35. The van der Waals surface area contributed by atoms with Gasteiger partial charge in [-0.3, -0.25) is 0 Å². The SMILES string of the molecule is NC(=NCc1coc(-c2cccs2)n1)Nc1cccc2c1CCCC2. The number of rotatable bonds is 4. The molecule has 2 aromatic heterocycles. The number of aliphatic imine (C=N–C) groups is 1. The van der Waals surface area contributed by atoms with E-state index in [9.17, 15) is 0 Å². The Labute approximate surface area is 150 Å². The topological polar surface area (TPSA) is 76.4 Å². The van der Waals surface area contributed by atoms with Crippen LogP contribution < -0.4 is 11.1 Å². The molecule has 0 atom stereocenters. The molecule has 2 heterocycles.